The average Bonchev–Trinajstić information content (AvgIpc) is 1.57. The maximum Gasteiger partial charge on any atom is 0.213 e. The molecule has 4 saturated carbocycles. The molecule has 113 heavy (non-hydrogen) atoms. The minimum Gasteiger partial charge on any atom is -0.201 e. The topological polar surface area (TPSA) is 15.5 Å². The minimum absolute atomic E-state index is 0.177. The summed E-state index contributed by atoms with van der Waals surface area (Å²) in [6.45, 7) is 15.2. The van der Waals surface area contributed by atoms with E-state index in [4.69, 9.17) is 11.0 Å². The van der Waals surface area contributed by atoms with Crippen LogP contribution in [-0.4, -0.2) is 0 Å². The predicted octanol–water partition coefficient (Wildman–Crippen LogP) is 25.0. The molecule has 0 unspecified atom stereocenters. The predicted molar refractivity (Wildman–Crippen MR) is 470 cm³/mol. The van der Waals surface area contributed by atoms with E-state index in [0.29, 0.717) is 0 Å². The zero-order valence-corrected chi connectivity index (χ0v) is 69.2. The van der Waals surface area contributed by atoms with Crippen LogP contribution in [0.2, 0.25) is 0 Å². The van der Waals surface area contributed by atoms with Gasteiger partial charge in [0.1, 0.15) is 28.2 Å². The van der Waals surface area contributed by atoms with Gasteiger partial charge in [0.05, 0.1) is 0 Å². The standard InChI is InChI=1S/2C28H32N.C27H30N.C26H28N/c2*1-20-9-5-6-10-25(20)27-15-21(2)26(19-29(27)3)22-11-12-23-17-28(18-24(23)16-22)13-7-4-8-14-28;1-19-8-4-5-9-24(19)26-14-20(2)25(18-28(26)3)21-10-11-22-16-27(12-6-7-13-27)17-23(22)15-21;1-19-7-3-4-8-24(19)25-16-21(11-14-27(25)2)20-9-10-22-17-26(12-5-6-13-26)18-23(22)15-20/h2*5-6,9-12,15-16,19H,4,7-8,13-14,17-18H2,1-3H3;4-5,8-11,14-15,18H,6-7,12-13,16-17H2,1-3H3;3-4,7-11,14-16H,5-6,12-13,17-18H2,1-2H3/q4*+1/i2*17D2;16D2;18D2. The molecule has 0 bridgehead atoms. The minimum atomic E-state index is -1.23. The summed E-state index contributed by atoms with van der Waals surface area (Å²) < 4.78 is 80.4. The van der Waals surface area contributed by atoms with Gasteiger partial charge in [0, 0.05) is 80.2 Å². The summed E-state index contributed by atoms with van der Waals surface area (Å²) in [5, 5.41) is 0. The summed E-state index contributed by atoms with van der Waals surface area (Å²) in [4.78, 5) is 0. The molecule has 0 aliphatic heterocycles. The number of pyridine rings is 4. The van der Waals surface area contributed by atoms with E-state index >= 15 is 0 Å². The summed E-state index contributed by atoms with van der Waals surface area (Å²) in [6, 6.07) is 71.2. The normalized spacial score (nSPS) is 20.2. The Kier molecular flexibility index (Phi) is 18.7. The van der Waals surface area contributed by atoms with Crippen LogP contribution in [0.25, 0.3) is 89.5 Å². The second-order valence-electron chi connectivity index (χ2n) is 35.6. The molecule has 574 valence electrons. The molecule has 4 aromatic heterocycles. The van der Waals surface area contributed by atoms with Gasteiger partial charge in [-0.05, 0) is 308 Å². The lowest BCUT2D eigenvalue weighted by Crippen LogP contribution is -2.31. The van der Waals surface area contributed by atoms with Crippen LogP contribution in [0, 0.1) is 70.1 Å². The van der Waals surface area contributed by atoms with Crippen molar-refractivity contribution in [3.05, 3.63) is 308 Å². The summed E-state index contributed by atoms with van der Waals surface area (Å²) in [6.07, 6.45) is 27.4. The Bertz CT molecular complexity index is 5820. The zero-order chi connectivity index (χ0) is 84.9. The summed E-state index contributed by atoms with van der Waals surface area (Å²) >= 11 is 0. The first-order valence-electron chi connectivity index (χ1n) is 46.7. The summed E-state index contributed by atoms with van der Waals surface area (Å²) in [7, 11) is 8.43. The van der Waals surface area contributed by atoms with E-state index in [0.717, 1.165) is 162 Å². The number of aromatic nitrogens is 4. The Morgan fingerprint density at radius 1 is 0.230 bits per heavy atom. The molecular formula is C109H122N4+4. The number of nitrogens with zero attached hydrogens (tertiary/aromatic N) is 4. The van der Waals surface area contributed by atoms with Gasteiger partial charge in [-0.3, -0.25) is 0 Å². The molecular weight excluding hydrogens is 1370 g/mol. The molecule has 0 N–H and O–H groups in total. The van der Waals surface area contributed by atoms with Gasteiger partial charge in [-0.2, -0.15) is 0 Å². The maximum absolute atomic E-state index is 8.97. The van der Waals surface area contributed by atoms with Crippen molar-refractivity contribution in [2.45, 2.75) is 215 Å². The number of rotatable bonds is 8. The zero-order valence-electron chi connectivity index (χ0n) is 77.2. The van der Waals surface area contributed by atoms with E-state index in [1.54, 1.807) is 0 Å². The van der Waals surface area contributed by atoms with Crippen molar-refractivity contribution in [1.29, 1.82) is 0 Å². The van der Waals surface area contributed by atoms with E-state index in [1.807, 2.05) is 0 Å². The molecule has 0 radical (unpaired) electrons. The Morgan fingerprint density at radius 2 is 0.496 bits per heavy atom. The number of fused-ring (bicyclic) bond motifs is 4. The van der Waals surface area contributed by atoms with Gasteiger partial charge in [0.25, 0.3) is 0 Å². The Labute approximate surface area is 688 Å². The van der Waals surface area contributed by atoms with E-state index in [2.05, 4.69) is 320 Å². The van der Waals surface area contributed by atoms with Gasteiger partial charge < -0.3 is 0 Å². The Hall–Kier alpha value is -9.64. The highest BCUT2D eigenvalue weighted by Crippen LogP contribution is 2.53. The van der Waals surface area contributed by atoms with Gasteiger partial charge in [0.2, 0.25) is 22.8 Å². The molecule has 8 aliphatic rings. The van der Waals surface area contributed by atoms with Crippen molar-refractivity contribution in [1.82, 2.24) is 0 Å². The lowest BCUT2D eigenvalue weighted by molar-refractivity contribution is -0.660. The first-order chi connectivity index (χ1) is 57.9. The van der Waals surface area contributed by atoms with Crippen LogP contribution in [0.15, 0.2) is 225 Å². The van der Waals surface area contributed by atoms with Gasteiger partial charge in [0.15, 0.2) is 24.8 Å². The van der Waals surface area contributed by atoms with Gasteiger partial charge >= 0.3 is 0 Å². The second-order valence-corrected chi connectivity index (χ2v) is 35.6. The van der Waals surface area contributed by atoms with Gasteiger partial charge in [-0.1, -0.05) is 210 Å². The monoisotopic (exact) mass is 1500 g/mol. The van der Waals surface area contributed by atoms with Crippen molar-refractivity contribution in [3.8, 4) is 89.5 Å². The van der Waals surface area contributed by atoms with Crippen LogP contribution in [-0.2, 0) is 79.4 Å². The Balaban J connectivity index is 0.000000115. The van der Waals surface area contributed by atoms with Crippen molar-refractivity contribution < 1.29 is 29.2 Å². The van der Waals surface area contributed by atoms with Crippen molar-refractivity contribution in [2.24, 2.45) is 49.9 Å². The van der Waals surface area contributed by atoms with Crippen LogP contribution >= 0.6 is 0 Å². The van der Waals surface area contributed by atoms with E-state index < -0.39 is 25.5 Å². The quantitative estimate of drug-likeness (QED) is 0.135. The SMILES string of the molecule is [2H]C1([2H])c2cc(-c3cc[n+](C)c(-c4ccccc4C)c3)ccc2CC12CCCC2.[2H]C1([2H])c2ccc(-c3c[n+](C)c(-c4ccccc4C)cc3C)cc2CC12CCCC2.[2H]C1([2H])c2ccc(-c3c[n+](C)c(-c4ccccc4C)cc3C)cc2CC12CCCCC2.[2H]C1([2H])c2ccc(-c3c[n+](C)c(-c4ccccc4C)cc3C)cc2CC12CCCCC2. The molecule has 0 amide bonds. The first-order valence-corrected chi connectivity index (χ1v) is 42.7. The average molecular weight is 1500 g/mol. The van der Waals surface area contributed by atoms with Gasteiger partial charge in [-0.25, -0.2) is 18.3 Å². The molecule has 4 fully saturated rings. The van der Waals surface area contributed by atoms with E-state index in [-0.39, 0.29) is 21.7 Å². The van der Waals surface area contributed by atoms with Crippen molar-refractivity contribution in [3.63, 3.8) is 0 Å². The van der Waals surface area contributed by atoms with E-state index in [1.165, 1.54) is 152 Å². The highest BCUT2D eigenvalue weighted by atomic mass is 14.9. The van der Waals surface area contributed by atoms with Crippen LogP contribution in [0.3, 0.4) is 0 Å². The molecule has 8 aromatic carbocycles. The molecule has 8 aliphatic carbocycles. The maximum atomic E-state index is 8.97. The number of hydrogen-bond donors (Lipinski definition) is 0. The summed E-state index contributed by atoms with van der Waals surface area (Å²) in [5.74, 6) is 0. The van der Waals surface area contributed by atoms with Crippen molar-refractivity contribution >= 4 is 0 Å². The second kappa shape index (κ2) is 31.6. The largest absolute Gasteiger partial charge is 0.213 e. The molecule has 4 spiro atoms. The lowest BCUT2D eigenvalue weighted by Gasteiger charge is -2.33. The number of aryl methyl sites for hydroxylation is 11. The third kappa shape index (κ3) is 15.6. The number of hydrogen-bond acceptors (Lipinski definition) is 0. The lowest BCUT2D eigenvalue weighted by atomic mass is 9.72. The summed E-state index contributed by atoms with van der Waals surface area (Å²) in [5.41, 5.74) is 36.1. The fourth-order valence-electron chi connectivity index (χ4n) is 21.1. The van der Waals surface area contributed by atoms with Crippen LogP contribution in [0.4, 0.5) is 0 Å². The fourth-order valence-corrected chi connectivity index (χ4v) is 21.1. The Morgan fingerprint density at radius 3 is 0.832 bits per heavy atom. The molecule has 0 saturated heterocycles. The number of benzene rings is 8. The van der Waals surface area contributed by atoms with Gasteiger partial charge in [-0.15, -0.1) is 0 Å². The molecule has 4 heterocycles. The molecule has 12 aromatic rings. The third-order valence-electron chi connectivity index (χ3n) is 27.4. The fraction of sp³-hybridized carbons (Fsp3) is 0.376. The smallest absolute Gasteiger partial charge is 0.201 e. The van der Waals surface area contributed by atoms with Crippen LogP contribution in [0.5, 0.6) is 0 Å². The highest BCUT2D eigenvalue weighted by Gasteiger charge is 2.43. The molecule has 20 rings (SSSR count). The van der Waals surface area contributed by atoms with Crippen molar-refractivity contribution in [2.75, 3.05) is 0 Å². The molecule has 4 nitrogen and oxygen atoms in total. The first kappa shape index (κ1) is 66.8. The third-order valence-corrected chi connectivity index (χ3v) is 27.4. The molecule has 0 atom stereocenters. The van der Waals surface area contributed by atoms with Crippen LogP contribution in [0.1, 0.15) is 210 Å². The highest BCUT2D eigenvalue weighted by molar-refractivity contribution is 5.75. The molecule has 4 heteroatoms. The van der Waals surface area contributed by atoms with Crippen LogP contribution < -0.4 is 18.3 Å². The van der Waals surface area contributed by atoms with E-state index in [9.17, 15) is 0 Å².